The fraction of sp³-hybridized carbons (Fsp3) is 0.250. The number of hydrogen-bond acceptors (Lipinski definition) is 0. The van der Waals surface area contributed by atoms with Gasteiger partial charge in [0.25, 0.3) is 0 Å². The minimum absolute atomic E-state index is 0.325. The first-order chi connectivity index (χ1) is 12.6. The van der Waals surface area contributed by atoms with Crippen molar-refractivity contribution < 1.29 is 8.78 Å². The topological polar surface area (TPSA) is 0 Å². The fourth-order valence-electron chi connectivity index (χ4n) is 3.20. The first-order valence-electron chi connectivity index (χ1n) is 9.24. The van der Waals surface area contributed by atoms with Crippen molar-refractivity contribution in [1.82, 2.24) is 0 Å². The lowest BCUT2D eigenvalue weighted by atomic mass is 9.97. The molecule has 26 heavy (non-hydrogen) atoms. The Morgan fingerprint density at radius 3 is 1.96 bits per heavy atom. The molecule has 0 amide bonds. The molecule has 134 valence electrons. The predicted octanol–water partition coefficient (Wildman–Crippen LogP) is 7.34. The van der Waals surface area contributed by atoms with Gasteiger partial charge in [0.05, 0.1) is 0 Å². The lowest BCUT2D eigenvalue weighted by molar-refractivity contribution is 0.626. The van der Waals surface area contributed by atoms with Crippen molar-refractivity contribution in [3.05, 3.63) is 83.4 Å². The van der Waals surface area contributed by atoms with Crippen LogP contribution in [0.4, 0.5) is 8.78 Å². The van der Waals surface area contributed by atoms with E-state index < -0.39 is 0 Å². The van der Waals surface area contributed by atoms with Crippen LogP contribution in [0.5, 0.6) is 0 Å². The second kappa shape index (κ2) is 8.27. The Balaban J connectivity index is 1.83. The van der Waals surface area contributed by atoms with E-state index in [2.05, 4.69) is 19.1 Å². The Morgan fingerprint density at radius 2 is 1.31 bits per heavy atom. The highest BCUT2D eigenvalue weighted by atomic mass is 19.1. The van der Waals surface area contributed by atoms with Crippen molar-refractivity contribution in [2.75, 3.05) is 0 Å². The van der Waals surface area contributed by atoms with Crippen LogP contribution in [0.25, 0.3) is 22.3 Å². The first kappa shape index (κ1) is 18.3. The van der Waals surface area contributed by atoms with Crippen molar-refractivity contribution in [3.63, 3.8) is 0 Å². The second-order valence-electron chi connectivity index (χ2n) is 6.83. The van der Waals surface area contributed by atoms with E-state index in [0.717, 1.165) is 17.5 Å². The summed E-state index contributed by atoms with van der Waals surface area (Å²) in [5.74, 6) is -0.658. The highest BCUT2D eigenvalue weighted by molar-refractivity contribution is 5.71. The number of rotatable bonds is 6. The van der Waals surface area contributed by atoms with Crippen molar-refractivity contribution in [2.45, 2.75) is 39.5 Å². The van der Waals surface area contributed by atoms with E-state index in [1.54, 1.807) is 18.2 Å². The van der Waals surface area contributed by atoms with Gasteiger partial charge in [-0.2, -0.15) is 0 Å². The molecule has 0 fully saturated rings. The molecule has 0 aliphatic heterocycles. The minimum atomic E-state index is -0.332. The molecule has 0 aliphatic carbocycles. The Morgan fingerprint density at radius 1 is 0.692 bits per heavy atom. The van der Waals surface area contributed by atoms with E-state index in [4.69, 9.17) is 0 Å². The number of benzene rings is 3. The van der Waals surface area contributed by atoms with Gasteiger partial charge in [-0.1, -0.05) is 68.3 Å². The van der Waals surface area contributed by atoms with Crippen LogP contribution in [0.2, 0.25) is 0 Å². The molecule has 0 atom stereocenters. The number of hydrogen-bond donors (Lipinski definition) is 0. The summed E-state index contributed by atoms with van der Waals surface area (Å²) < 4.78 is 28.8. The van der Waals surface area contributed by atoms with Crippen LogP contribution in [-0.4, -0.2) is 0 Å². The van der Waals surface area contributed by atoms with Crippen LogP contribution in [0.15, 0.2) is 60.7 Å². The molecule has 3 aromatic carbocycles. The maximum absolute atomic E-state index is 14.7. The number of aryl methyl sites for hydroxylation is 2. The zero-order valence-electron chi connectivity index (χ0n) is 15.4. The molecule has 0 nitrogen and oxygen atoms in total. The van der Waals surface area contributed by atoms with Crippen molar-refractivity contribution in [1.29, 1.82) is 0 Å². The van der Waals surface area contributed by atoms with Crippen LogP contribution in [0, 0.1) is 18.6 Å². The normalized spacial score (nSPS) is 10.9. The SMILES string of the molecule is CCCCCc1ccc(-c2ccc(-c3ccc(C)cc3F)cc2F)cc1. The second-order valence-corrected chi connectivity index (χ2v) is 6.83. The summed E-state index contributed by atoms with van der Waals surface area (Å²) in [6.07, 6.45) is 4.67. The summed E-state index contributed by atoms with van der Waals surface area (Å²) >= 11 is 0. The molecule has 0 aromatic heterocycles. The summed E-state index contributed by atoms with van der Waals surface area (Å²) in [5, 5.41) is 0. The van der Waals surface area contributed by atoms with E-state index >= 15 is 0 Å². The van der Waals surface area contributed by atoms with Gasteiger partial charge in [0.1, 0.15) is 11.6 Å². The molecular formula is C24H24F2. The van der Waals surface area contributed by atoms with E-state index in [1.807, 2.05) is 25.1 Å². The average molecular weight is 350 g/mol. The molecule has 0 aliphatic rings. The van der Waals surface area contributed by atoms with E-state index in [1.165, 1.54) is 37.0 Å². The molecule has 3 rings (SSSR count). The van der Waals surface area contributed by atoms with Gasteiger partial charge < -0.3 is 0 Å². The number of halogens is 2. The maximum atomic E-state index is 14.7. The molecule has 0 spiro atoms. The molecule has 0 radical (unpaired) electrons. The molecule has 0 N–H and O–H groups in total. The van der Waals surface area contributed by atoms with E-state index in [0.29, 0.717) is 16.7 Å². The highest BCUT2D eigenvalue weighted by Gasteiger charge is 2.10. The van der Waals surface area contributed by atoms with Gasteiger partial charge in [-0.25, -0.2) is 8.78 Å². The molecular weight excluding hydrogens is 326 g/mol. The molecule has 0 saturated carbocycles. The molecule has 0 saturated heterocycles. The van der Waals surface area contributed by atoms with Gasteiger partial charge in [0.15, 0.2) is 0 Å². The standard InChI is InChI=1S/C24H24F2/c1-3-4-5-6-18-8-10-19(11-9-18)21-14-12-20(16-24(21)26)22-13-7-17(2)15-23(22)25/h7-16H,3-6H2,1-2H3. The van der Waals surface area contributed by atoms with Crippen LogP contribution < -0.4 is 0 Å². The Bertz CT molecular complexity index is 879. The highest BCUT2D eigenvalue weighted by Crippen LogP contribution is 2.30. The molecule has 0 bridgehead atoms. The van der Waals surface area contributed by atoms with Crippen molar-refractivity contribution in [3.8, 4) is 22.3 Å². The van der Waals surface area contributed by atoms with Gasteiger partial charge in [-0.05, 0) is 54.2 Å². The smallest absolute Gasteiger partial charge is 0.131 e. The maximum Gasteiger partial charge on any atom is 0.131 e. The lowest BCUT2D eigenvalue weighted by Gasteiger charge is -2.09. The summed E-state index contributed by atoms with van der Waals surface area (Å²) in [7, 11) is 0. The molecule has 0 heterocycles. The third kappa shape index (κ3) is 4.19. The van der Waals surface area contributed by atoms with Gasteiger partial charge in [0, 0.05) is 11.1 Å². The largest absolute Gasteiger partial charge is 0.206 e. The summed E-state index contributed by atoms with van der Waals surface area (Å²) in [4.78, 5) is 0. The molecule has 2 heteroatoms. The summed E-state index contributed by atoms with van der Waals surface area (Å²) in [5.41, 5.74) is 4.50. The van der Waals surface area contributed by atoms with Crippen molar-refractivity contribution in [2.24, 2.45) is 0 Å². The van der Waals surface area contributed by atoms with Gasteiger partial charge in [0.2, 0.25) is 0 Å². The van der Waals surface area contributed by atoms with Gasteiger partial charge in [-0.3, -0.25) is 0 Å². The summed E-state index contributed by atoms with van der Waals surface area (Å²) in [6.45, 7) is 4.03. The zero-order valence-corrected chi connectivity index (χ0v) is 15.4. The summed E-state index contributed by atoms with van der Waals surface area (Å²) in [6, 6.07) is 18.0. The quantitative estimate of drug-likeness (QED) is 0.408. The Labute approximate surface area is 154 Å². The van der Waals surface area contributed by atoms with Crippen molar-refractivity contribution >= 4 is 0 Å². The number of unbranched alkanes of at least 4 members (excludes halogenated alkanes) is 2. The van der Waals surface area contributed by atoms with E-state index in [-0.39, 0.29) is 11.6 Å². The lowest BCUT2D eigenvalue weighted by Crippen LogP contribution is -1.90. The fourth-order valence-corrected chi connectivity index (χ4v) is 3.20. The third-order valence-electron chi connectivity index (χ3n) is 4.74. The van der Waals surface area contributed by atoms with E-state index in [9.17, 15) is 8.78 Å². The first-order valence-corrected chi connectivity index (χ1v) is 9.24. The minimum Gasteiger partial charge on any atom is -0.206 e. The molecule has 3 aromatic rings. The predicted molar refractivity (Wildman–Crippen MR) is 105 cm³/mol. The van der Waals surface area contributed by atoms with Crippen LogP contribution in [0.1, 0.15) is 37.3 Å². The average Bonchev–Trinajstić information content (AvgIpc) is 2.63. The van der Waals surface area contributed by atoms with Crippen LogP contribution in [-0.2, 0) is 6.42 Å². The molecule has 0 unspecified atom stereocenters. The van der Waals surface area contributed by atoms with Crippen LogP contribution in [0.3, 0.4) is 0 Å². The van der Waals surface area contributed by atoms with Crippen LogP contribution >= 0.6 is 0 Å². The third-order valence-corrected chi connectivity index (χ3v) is 4.74. The van der Waals surface area contributed by atoms with Gasteiger partial charge >= 0.3 is 0 Å². The van der Waals surface area contributed by atoms with Gasteiger partial charge in [-0.15, -0.1) is 0 Å². The monoisotopic (exact) mass is 350 g/mol. The zero-order chi connectivity index (χ0) is 18.5. The Hall–Kier alpha value is -2.48. The Kier molecular flexibility index (Phi) is 5.82.